The van der Waals surface area contributed by atoms with Gasteiger partial charge in [-0.05, 0) is 24.1 Å². The fraction of sp³-hybridized carbons (Fsp3) is 0.278. The normalized spacial score (nSPS) is 15.8. The number of anilines is 1. The molecule has 0 spiro atoms. The van der Waals surface area contributed by atoms with E-state index in [0.29, 0.717) is 11.1 Å². The maximum atomic E-state index is 12.3. The van der Waals surface area contributed by atoms with Crippen LogP contribution in [0.4, 0.5) is 5.95 Å². The number of carboxylic acids is 2. The molecule has 2 heterocycles. The smallest absolute Gasteiger partial charge is 0.326 e. The van der Waals surface area contributed by atoms with E-state index in [1.807, 2.05) is 0 Å². The van der Waals surface area contributed by atoms with Gasteiger partial charge in [0.1, 0.15) is 12.6 Å². The number of hydrogen-bond acceptors (Lipinski definition) is 7. The molecule has 0 aliphatic carbocycles. The molecule has 1 aromatic carbocycles. The van der Waals surface area contributed by atoms with Crippen LogP contribution in [0.1, 0.15) is 40.2 Å². The van der Waals surface area contributed by atoms with Crippen LogP contribution in [0.25, 0.3) is 0 Å². The summed E-state index contributed by atoms with van der Waals surface area (Å²) in [4.78, 5) is 52.7. The SMILES string of the molecule is Nc1nc2c(c(=O)[nH]1)C(c1ccc(C(=O)N[C@@H](CCC(=O)O)C(=O)O)cc1)CO2. The quantitative estimate of drug-likeness (QED) is 0.422. The zero-order valence-electron chi connectivity index (χ0n) is 15.0. The summed E-state index contributed by atoms with van der Waals surface area (Å²) >= 11 is 0. The number of nitrogens with zero attached hydrogens (tertiary/aromatic N) is 1. The molecule has 1 amide bonds. The van der Waals surface area contributed by atoms with Gasteiger partial charge < -0.3 is 26.0 Å². The third kappa shape index (κ3) is 4.34. The average Bonchev–Trinajstić information content (AvgIpc) is 3.08. The largest absolute Gasteiger partial charge is 0.481 e. The molecule has 1 aromatic heterocycles. The highest BCUT2D eigenvalue weighted by atomic mass is 16.5. The van der Waals surface area contributed by atoms with Crippen molar-refractivity contribution < 1.29 is 29.3 Å². The Morgan fingerprint density at radius 1 is 1.28 bits per heavy atom. The molecule has 2 atom stereocenters. The number of benzene rings is 1. The van der Waals surface area contributed by atoms with Crippen molar-refractivity contribution in [3.8, 4) is 5.88 Å². The van der Waals surface area contributed by atoms with Crippen LogP contribution in [-0.2, 0) is 9.59 Å². The van der Waals surface area contributed by atoms with E-state index >= 15 is 0 Å². The highest BCUT2D eigenvalue weighted by Gasteiger charge is 2.31. The van der Waals surface area contributed by atoms with Crippen LogP contribution in [-0.4, -0.2) is 50.7 Å². The van der Waals surface area contributed by atoms with Crippen molar-refractivity contribution in [2.45, 2.75) is 24.8 Å². The van der Waals surface area contributed by atoms with Gasteiger partial charge in [0.05, 0.1) is 11.5 Å². The van der Waals surface area contributed by atoms with Crippen LogP contribution < -0.4 is 21.3 Å². The monoisotopic (exact) mass is 402 g/mol. The first kappa shape index (κ1) is 19.9. The van der Waals surface area contributed by atoms with Crippen LogP contribution in [0, 0.1) is 0 Å². The number of aliphatic carboxylic acids is 2. The summed E-state index contributed by atoms with van der Waals surface area (Å²) < 4.78 is 5.43. The number of ether oxygens (including phenoxy) is 1. The van der Waals surface area contributed by atoms with Crippen molar-refractivity contribution in [3.63, 3.8) is 0 Å². The van der Waals surface area contributed by atoms with Gasteiger partial charge in [0.2, 0.25) is 11.8 Å². The Bertz CT molecular complexity index is 1020. The number of fused-ring (bicyclic) bond motifs is 1. The fourth-order valence-electron chi connectivity index (χ4n) is 3.04. The molecule has 1 aliphatic rings. The highest BCUT2D eigenvalue weighted by molar-refractivity contribution is 5.96. The summed E-state index contributed by atoms with van der Waals surface area (Å²) in [5.74, 6) is -3.38. The minimum Gasteiger partial charge on any atom is -0.481 e. The Morgan fingerprint density at radius 2 is 1.97 bits per heavy atom. The van der Waals surface area contributed by atoms with Crippen molar-refractivity contribution in [2.75, 3.05) is 12.3 Å². The lowest BCUT2D eigenvalue weighted by Gasteiger charge is -2.14. The summed E-state index contributed by atoms with van der Waals surface area (Å²) in [5.41, 5.74) is 6.34. The van der Waals surface area contributed by atoms with E-state index in [-0.39, 0.29) is 42.8 Å². The zero-order valence-corrected chi connectivity index (χ0v) is 15.0. The third-order valence-electron chi connectivity index (χ3n) is 4.50. The number of carbonyl (C=O) groups is 3. The molecule has 3 rings (SSSR count). The molecule has 0 saturated heterocycles. The lowest BCUT2D eigenvalue weighted by Crippen LogP contribution is -2.41. The molecule has 29 heavy (non-hydrogen) atoms. The number of aromatic nitrogens is 2. The second-order valence-electron chi connectivity index (χ2n) is 6.45. The molecule has 1 aliphatic heterocycles. The zero-order chi connectivity index (χ0) is 21.1. The first-order chi connectivity index (χ1) is 13.8. The van der Waals surface area contributed by atoms with Gasteiger partial charge in [-0.2, -0.15) is 4.98 Å². The topological polar surface area (TPSA) is 185 Å². The van der Waals surface area contributed by atoms with Gasteiger partial charge in [-0.15, -0.1) is 0 Å². The number of H-pyrrole nitrogens is 1. The van der Waals surface area contributed by atoms with Gasteiger partial charge in [0, 0.05) is 12.0 Å². The summed E-state index contributed by atoms with van der Waals surface area (Å²) in [6.07, 6.45) is -0.617. The van der Waals surface area contributed by atoms with E-state index < -0.39 is 29.4 Å². The van der Waals surface area contributed by atoms with Crippen molar-refractivity contribution in [3.05, 3.63) is 51.3 Å². The molecule has 0 fully saturated rings. The lowest BCUT2D eigenvalue weighted by atomic mass is 9.94. The Balaban J connectivity index is 1.74. The number of hydrogen-bond donors (Lipinski definition) is 5. The Morgan fingerprint density at radius 3 is 2.59 bits per heavy atom. The number of amides is 1. The van der Waals surface area contributed by atoms with Crippen LogP contribution in [0.5, 0.6) is 5.88 Å². The molecule has 1 unspecified atom stereocenters. The van der Waals surface area contributed by atoms with E-state index in [4.69, 9.17) is 20.7 Å². The second-order valence-corrected chi connectivity index (χ2v) is 6.45. The highest BCUT2D eigenvalue weighted by Crippen LogP contribution is 2.34. The first-order valence-corrected chi connectivity index (χ1v) is 8.64. The number of carboxylic acid groups (broad SMARTS) is 2. The van der Waals surface area contributed by atoms with Crippen molar-refractivity contribution in [1.29, 1.82) is 0 Å². The number of nitrogens with one attached hydrogen (secondary N) is 2. The van der Waals surface area contributed by atoms with E-state index in [9.17, 15) is 19.2 Å². The Kier molecular flexibility index (Phi) is 5.48. The van der Waals surface area contributed by atoms with Gasteiger partial charge in [-0.25, -0.2) is 4.79 Å². The van der Waals surface area contributed by atoms with E-state index in [2.05, 4.69) is 15.3 Å². The molecule has 0 bridgehead atoms. The van der Waals surface area contributed by atoms with Crippen molar-refractivity contribution in [2.24, 2.45) is 0 Å². The standard InChI is InChI=1S/C18H18N4O7/c19-18-21-15(26)13-10(7-29-16(13)22-18)8-1-3-9(4-2-8)14(25)20-11(17(27)28)5-6-12(23)24/h1-4,10-11H,5-7H2,(H,20,25)(H,23,24)(H,27,28)(H3,19,21,22,26)/t10?,11-/m0/s1. The molecular formula is C18H18N4O7. The molecule has 6 N–H and O–H groups in total. The van der Waals surface area contributed by atoms with Gasteiger partial charge in [0.25, 0.3) is 11.5 Å². The van der Waals surface area contributed by atoms with Gasteiger partial charge in [-0.1, -0.05) is 12.1 Å². The third-order valence-corrected chi connectivity index (χ3v) is 4.50. The van der Waals surface area contributed by atoms with E-state index in [0.717, 1.165) is 0 Å². The van der Waals surface area contributed by atoms with Gasteiger partial charge >= 0.3 is 11.9 Å². The number of nitrogens with two attached hydrogens (primary N) is 1. The molecular weight excluding hydrogens is 384 g/mol. The van der Waals surface area contributed by atoms with E-state index in [1.54, 1.807) is 12.1 Å². The Labute approximate surface area is 163 Å². The minimum absolute atomic E-state index is 0.0442. The van der Waals surface area contributed by atoms with Crippen molar-refractivity contribution >= 4 is 23.8 Å². The minimum atomic E-state index is -1.32. The summed E-state index contributed by atoms with van der Waals surface area (Å²) in [6.45, 7) is 0.191. The number of carbonyl (C=O) groups excluding carboxylic acids is 1. The maximum absolute atomic E-state index is 12.3. The number of rotatable bonds is 7. The lowest BCUT2D eigenvalue weighted by molar-refractivity contribution is -0.140. The molecule has 2 aromatic rings. The predicted octanol–water partition coefficient (Wildman–Crippen LogP) is -0.0758. The molecule has 0 saturated carbocycles. The van der Waals surface area contributed by atoms with Crippen LogP contribution in [0.15, 0.2) is 29.1 Å². The Hall–Kier alpha value is -3.89. The van der Waals surface area contributed by atoms with Crippen molar-refractivity contribution in [1.82, 2.24) is 15.3 Å². The van der Waals surface area contributed by atoms with Crippen LogP contribution >= 0.6 is 0 Å². The molecule has 0 radical (unpaired) electrons. The molecule has 11 heteroatoms. The fourth-order valence-corrected chi connectivity index (χ4v) is 3.04. The predicted molar refractivity (Wildman–Crippen MR) is 98.8 cm³/mol. The number of nitrogen functional groups attached to an aromatic ring is 1. The summed E-state index contributed by atoms with van der Waals surface area (Å²) in [6, 6.07) is 4.90. The second kappa shape index (κ2) is 8.00. The summed E-state index contributed by atoms with van der Waals surface area (Å²) in [5, 5.41) is 20.1. The molecule has 152 valence electrons. The van der Waals surface area contributed by atoms with Gasteiger partial charge in [0.15, 0.2) is 0 Å². The van der Waals surface area contributed by atoms with Crippen LogP contribution in [0.3, 0.4) is 0 Å². The summed E-state index contributed by atoms with van der Waals surface area (Å²) in [7, 11) is 0. The molecule has 11 nitrogen and oxygen atoms in total. The average molecular weight is 402 g/mol. The first-order valence-electron chi connectivity index (χ1n) is 8.64. The van der Waals surface area contributed by atoms with Crippen LogP contribution in [0.2, 0.25) is 0 Å². The number of aromatic amines is 1. The van der Waals surface area contributed by atoms with E-state index in [1.165, 1.54) is 12.1 Å². The van der Waals surface area contributed by atoms with Gasteiger partial charge in [-0.3, -0.25) is 19.4 Å². The maximum Gasteiger partial charge on any atom is 0.326 e.